The van der Waals surface area contributed by atoms with Crippen molar-refractivity contribution in [3.63, 3.8) is 0 Å². The molecule has 1 unspecified atom stereocenters. The normalized spacial score (nSPS) is 17.2. The first-order valence-electron chi connectivity index (χ1n) is 9.39. The molecule has 5 nitrogen and oxygen atoms in total. The van der Waals surface area contributed by atoms with Crippen molar-refractivity contribution in [3.05, 3.63) is 24.3 Å². The first kappa shape index (κ1) is 19.7. The van der Waals surface area contributed by atoms with Crippen LogP contribution in [-0.4, -0.2) is 49.8 Å². The highest BCUT2D eigenvalue weighted by molar-refractivity contribution is 5.97. The second-order valence-electron chi connectivity index (χ2n) is 6.91. The molecule has 2 rings (SSSR count). The zero-order valence-electron chi connectivity index (χ0n) is 15.8. The molecular weight excluding hydrogens is 316 g/mol. The zero-order valence-corrected chi connectivity index (χ0v) is 15.8. The van der Waals surface area contributed by atoms with Gasteiger partial charge in [-0.1, -0.05) is 13.3 Å². The van der Waals surface area contributed by atoms with E-state index in [9.17, 15) is 4.79 Å². The van der Waals surface area contributed by atoms with Crippen LogP contribution in [0.3, 0.4) is 0 Å². The highest BCUT2D eigenvalue weighted by atomic mass is 16.5. The molecule has 25 heavy (non-hydrogen) atoms. The summed E-state index contributed by atoms with van der Waals surface area (Å²) < 4.78 is 11.2. The molecule has 0 saturated carbocycles. The highest BCUT2D eigenvalue weighted by Crippen LogP contribution is 2.21. The molecule has 0 aromatic heterocycles. The summed E-state index contributed by atoms with van der Waals surface area (Å²) in [7, 11) is 1.58. The lowest BCUT2D eigenvalue weighted by Crippen LogP contribution is -2.41. The Morgan fingerprint density at radius 1 is 1.24 bits per heavy atom. The predicted molar refractivity (Wildman–Crippen MR) is 101 cm³/mol. The third-order valence-corrected chi connectivity index (χ3v) is 4.86. The second kappa shape index (κ2) is 9.78. The maximum atomic E-state index is 12.4. The van der Waals surface area contributed by atoms with Gasteiger partial charge in [0.15, 0.2) is 0 Å². The van der Waals surface area contributed by atoms with Crippen LogP contribution in [0, 0.1) is 0 Å². The average molecular weight is 348 g/mol. The lowest BCUT2D eigenvalue weighted by molar-refractivity contribution is -0.136. The van der Waals surface area contributed by atoms with E-state index in [0.29, 0.717) is 6.42 Å². The number of hydrogen-bond acceptors (Lipinski definition) is 4. The van der Waals surface area contributed by atoms with Gasteiger partial charge in [-0.3, -0.25) is 4.79 Å². The smallest absolute Gasteiger partial charge is 0.256 e. The van der Waals surface area contributed by atoms with Crippen LogP contribution < -0.4 is 10.1 Å². The molecule has 0 spiro atoms. The molecule has 1 fully saturated rings. The molecule has 1 aromatic carbocycles. The second-order valence-corrected chi connectivity index (χ2v) is 6.91. The Hall–Kier alpha value is -1.59. The number of hydrogen-bond donors (Lipinski definition) is 1. The topological polar surface area (TPSA) is 50.8 Å². The van der Waals surface area contributed by atoms with Crippen molar-refractivity contribution in [2.45, 2.75) is 51.6 Å². The number of amides is 1. The number of anilines is 1. The van der Waals surface area contributed by atoms with Crippen molar-refractivity contribution in [2.75, 3.05) is 38.7 Å². The zero-order chi connectivity index (χ0) is 18.1. The lowest BCUT2D eigenvalue weighted by atomic mass is 9.99. The van der Waals surface area contributed by atoms with Gasteiger partial charge >= 0.3 is 0 Å². The summed E-state index contributed by atoms with van der Waals surface area (Å²) in [4.78, 5) is 14.9. The Morgan fingerprint density at radius 3 is 2.52 bits per heavy atom. The SMILES string of the molecule is CCCC(C)(OC)C(=O)Nc1ccc(OCCCN2CCCC2)cc1. The Morgan fingerprint density at radius 2 is 1.92 bits per heavy atom. The van der Waals surface area contributed by atoms with Gasteiger partial charge in [-0.15, -0.1) is 0 Å². The summed E-state index contributed by atoms with van der Waals surface area (Å²) in [6.07, 6.45) is 5.28. The third-order valence-electron chi connectivity index (χ3n) is 4.86. The van der Waals surface area contributed by atoms with E-state index >= 15 is 0 Å². The number of methoxy groups -OCH3 is 1. The number of nitrogens with zero attached hydrogens (tertiary/aromatic N) is 1. The quantitative estimate of drug-likeness (QED) is 0.655. The maximum Gasteiger partial charge on any atom is 0.256 e. The largest absolute Gasteiger partial charge is 0.494 e. The number of carbonyl (C=O) groups is 1. The van der Waals surface area contributed by atoms with Gasteiger partial charge in [0, 0.05) is 19.3 Å². The number of benzene rings is 1. The van der Waals surface area contributed by atoms with Crippen molar-refractivity contribution >= 4 is 11.6 Å². The van der Waals surface area contributed by atoms with Crippen molar-refractivity contribution in [3.8, 4) is 5.75 Å². The van der Waals surface area contributed by atoms with Gasteiger partial charge in [0.25, 0.3) is 5.91 Å². The van der Waals surface area contributed by atoms with Crippen molar-refractivity contribution in [2.24, 2.45) is 0 Å². The van der Waals surface area contributed by atoms with E-state index in [2.05, 4.69) is 10.2 Å². The summed E-state index contributed by atoms with van der Waals surface area (Å²) in [5, 5.41) is 2.92. The van der Waals surface area contributed by atoms with Gasteiger partial charge in [-0.05, 0) is 70.0 Å². The number of likely N-dealkylation sites (tertiary alicyclic amines) is 1. The van der Waals surface area contributed by atoms with E-state index in [0.717, 1.165) is 37.4 Å². The van der Waals surface area contributed by atoms with E-state index in [4.69, 9.17) is 9.47 Å². The Bertz CT molecular complexity index is 526. The van der Waals surface area contributed by atoms with Crippen LogP contribution in [0.5, 0.6) is 5.75 Å². The fraction of sp³-hybridized carbons (Fsp3) is 0.650. The third kappa shape index (κ3) is 6.01. The first-order chi connectivity index (χ1) is 12.1. The van der Waals surface area contributed by atoms with Gasteiger partial charge in [0.05, 0.1) is 6.61 Å². The standard InChI is InChI=1S/C20H32N2O3/c1-4-12-20(2,24-3)19(23)21-17-8-10-18(11-9-17)25-16-7-15-22-13-5-6-14-22/h8-11H,4-7,12-16H2,1-3H3,(H,21,23). The summed E-state index contributed by atoms with van der Waals surface area (Å²) in [6, 6.07) is 7.54. The summed E-state index contributed by atoms with van der Waals surface area (Å²) in [5.74, 6) is 0.721. The summed E-state index contributed by atoms with van der Waals surface area (Å²) >= 11 is 0. The first-order valence-corrected chi connectivity index (χ1v) is 9.39. The van der Waals surface area contributed by atoms with E-state index in [-0.39, 0.29) is 5.91 Å². The molecule has 140 valence electrons. The molecule has 1 aliphatic heterocycles. The van der Waals surface area contributed by atoms with Crippen LogP contribution in [0.25, 0.3) is 0 Å². The molecule has 1 aliphatic rings. The Labute approximate surface area is 151 Å². The monoisotopic (exact) mass is 348 g/mol. The van der Waals surface area contributed by atoms with Gasteiger partial charge < -0.3 is 19.7 Å². The Balaban J connectivity index is 1.75. The van der Waals surface area contributed by atoms with Crippen LogP contribution in [-0.2, 0) is 9.53 Å². The molecular formula is C20H32N2O3. The van der Waals surface area contributed by atoms with E-state index < -0.39 is 5.60 Å². The maximum absolute atomic E-state index is 12.4. The average Bonchev–Trinajstić information content (AvgIpc) is 3.13. The minimum Gasteiger partial charge on any atom is -0.494 e. The van der Waals surface area contributed by atoms with Crippen molar-refractivity contribution in [1.82, 2.24) is 4.90 Å². The molecule has 1 amide bonds. The number of rotatable bonds is 10. The highest BCUT2D eigenvalue weighted by Gasteiger charge is 2.32. The number of carbonyl (C=O) groups excluding carboxylic acids is 1. The van der Waals surface area contributed by atoms with E-state index in [1.165, 1.54) is 25.9 Å². The van der Waals surface area contributed by atoms with Crippen LogP contribution in [0.4, 0.5) is 5.69 Å². The molecule has 0 aliphatic carbocycles. The molecule has 1 N–H and O–H groups in total. The fourth-order valence-corrected chi connectivity index (χ4v) is 3.17. The molecule has 1 aromatic rings. The summed E-state index contributed by atoms with van der Waals surface area (Å²) in [6.45, 7) is 8.16. The lowest BCUT2D eigenvalue weighted by Gasteiger charge is -2.26. The van der Waals surface area contributed by atoms with E-state index in [1.807, 2.05) is 38.1 Å². The van der Waals surface area contributed by atoms with Crippen LogP contribution in [0.1, 0.15) is 46.0 Å². The molecule has 0 radical (unpaired) electrons. The van der Waals surface area contributed by atoms with Gasteiger partial charge in [0.2, 0.25) is 0 Å². The van der Waals surface area contributed by atoms with Crippen LogP contribution >= 0.6 is 0 Å². The molecule has 5 heteroatoms. The minimum absolute atomic E-state index is 0.115. The van der Waals surface area contributed by atoms with Gasteiger partial charge in [-0.25, -0.2) is 0 Å². The molecule has 1 saturated heterocycles. The van der Waals surface area contributed by atoms with Crippen molar-refractivity contribution < 1.29 is 14.3 Å². The predicted octanol–water partition coefficient (Wildman–Crippen LogP) is 3.70. The number of ether oxygens (including phenoxy) is 2. The van der Waals surface area contributed by atoms with Gasteiger partial charge in [0.1, 0.15) is 11.4 Å². The van der Waals surface area contributed by atoms with Gasteiger partial charge in [-0.2, -0.15) is 0 Å². The van der Waals surface area contributed by atoms with Crippen molar-refractivity contribution in [1.29, 1.82) is 0 Å². The molecule has 1 heterocycles. The van der Waals surface area contributed by atoms with Crippen LogP contribution in [0.2, 0.25) is 0 Å². The minimum atomic E-state index is -0.792. The Kier molecular flexibility index (Phi) is 7.72. The fourth-order valence-electron chi connectivity index (χ4n) is 3.17. The molecule has 1 atom stereocenters. The van der Waals surface area contributed by atoms with Crippen LogP contribution in [0.15, 0.2) is 24.3 Å². The summed E-state index contributed by atoms with van der Waals surface area (Å²) in [5.41, 5.74) is -0.0340. The molecule has 0 bridgehead atoms. The van der Waals surface area contributed by atoms with E-state index in [1.54, 1.807) is 7.11 Å². The number of nitrogens with one attached hydrogen (secondary N) is 1.